The van der Waals surface area contributed by atoms with Gasteiger partial charge in [0, 0.05) is 43.7 Å². The highest BCUT2D eigenvalue weighted by molar-refractivity contribution is 5.90. The Bertz CT molecular complexity index is 1360. The van der Waals surface area contributed by atoms with E-state index in [9.17, 15) is 4.79 Å². The fraction of sp³-hybridized carbons (Fsp3) is 0.400. The van der Waals surface area contributed by atoms with Gasteiger partial charge in [-0.3, -0.25) is 4.79 Å². The molecule has 10 nitrogen and oxygen atoms in total. The maximum atomic E-state index is 12.5. The number of anilines is 1. The summed E-state index contributed by atoms with van der Waals surface area (Å²) < 4.78 is 7.11. The van der Waals surface area contributed by atoms with Gasteiger partial charge in [-0.05, 0) is 30.2 Å². The highest BCUT2D eigenvalue weighted by Gasteiger charge is 2.24. The standard InChI is InChI=1S/C25H30N8O2/c1-16-11-17(5-6-18(16)13-27-23(34)22-30-24(35-31-22)25(2,3)4)21-20-12-19(14-33(20)29-15-28-21)32-9-7-26-8-10-32/h5-6,11-12,14-15,26H,7-10,13H2,1-4H3,(H,27,34). The number of rotatable bonds is 5. The van der Waals surface area contributed by atoms with E-state index in [2.05, 4.69) is 54.1 Å². The summed E-state index contributed by atoms with van der Waals surface area (Å²) >= 11 is 0. The molecule has 1 saturated heterocycles. The molecule has 1 aliphatic rings. The number of benzene rings is 1. The molecule has 0 aliphatic carbocycles. The van der Waals surface area contributed by atoms with Crippen LogP contribution in [0.2, 0.25) is 0 Å². The fourth-order valence-corrected chi connectivity index (χ4v) is 4.15. The normalized spacial score (nSPS) is 14.5. The van der Waals surface area contributed by atoms with Crippen LogP contribution in [0, 0.1) is 6.92 Å². The molecular formula is C25H30N8O2. The van der Waals surface area contributed by atoms with Gasteiger partial charge in [0.05, 0.1) is 23.1 Å². The minimum atomic E-state index is -0.362. The maximum Gasteiger partial charge on any atom is 0.292 e. The first-order valence-electron chi connectivity index (χ1n) is 11.8. The van der Waals surface area contributed by atoms with E-state index < -0.39 is 0 Å². The first-order chi connectivity index (χ1) is 16.8. The number of hydrogen-bond donors (Lipinski definition) is 2. The zero-order chi connectivity index (χ0) is 24.6. The molecule has 1 aromatic carbocycles. The van der Waals surface area contributed by atoms with Crippen molar-refractivity contribution < 1.29 is 9.32 Å². The highest BCUT2D eigenvalue weighted by Crippen LogP contribution is 2.28. The molecule has 10 heteroatoms. The van der Waals surface area contributed by atoms with Crippen molar-refractivity contribution in [2.24, 2.45) is 0 Å². The molecule has 4 aromatic rings. The van der Waals surface area contributed by atoms with Crippen molar-refractivity contribution in [3.63, 3.8) is 0 Å². The highest BCUT2D eigenvalue weighted by atomic mass is 16.5. The number of carbonyl (C=O) groups is 1. The molecule has 1 fully saturated rings. The van der Waals surface area contributed by atoms with Crippen LogP contribution in [0.4, 0.5) is 5.69 Å². The number of carbonyl (C=O) groups excluding carboxylic acids is 1. The molecule has 1 amide bonds. The van der Waals surface area contributed by atoms with Gasteiger partial charge in [0.25, 0.3) is 11.7 Å². The number of hydrogen-bond acceptors (Lipinski definition) is 8. The van der Waals surface area contributed by atoms with Crippen molar-refractivity contribution in [3.8, 4) is 11.3 Å². The lowest BCUT2D eigenvalue weighted by atomic mass is 9.97. The van der Waals surface area contributed by atoms with Gasteiger partial charge in [-0.2, -0.15) is 10.1 Å². The quantitative estimate of drug-likeness (QED) is 0.454. The van der Waals surface area contributed by atoms with Crippen LogP contribution < -0.4 is 15.5 Å². The Morgan fingerprint density at radius 2 is 2.00 bits per heavy atom. The molecule has 0 saturated carbocycles. The first-order valence-corrected chi connectivity index (χ1v) is 11.8. The summed E-state index contributed by atoms with van der Waals surface area (Å²) in [6, 6.07) is 8.29. The third-order valence-electron chi connectivity index (χ3n) is 6.20. The van der Waals surface area contributed by atoms with E-state index >= 15 is 0 Å². The Morgan fingerprint density at radius 1 is 1.20 bits per heavy atom. The fourth-order valence-electron chi connectivity index (χ4n) is 4.15. The zero-order valence-corrected chi connectivity index (χ0v) is 20.5. The zero-order valence-electron chi connectivity index (χ0n) is 20.5. The number of aryl methyl sites for hydroxylation is 1. The summed E-state index contributed by atoms with van der Waals surface area (Å²) in [7, 11) is 0. The van der Waals surface area contributed by atoms with Crippen LogP contribution in [0.5, 0.6) is 0 Å². The summed E-state index contributed by atoms with van der Waals surface area (Å²) in [6.07, 6.45) is 3.65. The van der Waals surface area contributed by atoms with Crippen LogP contribution in [0.25, 0.3) is 16.8 Å². The van der Waals surface area contributed by atoms with Crippen LogP contribution in [0.3, 0.4) is 0 Å². The summed E-state index contributed by atoms with van der Waals surface area (Å²) in [5.74, 6) is 0.116. The van der Waals surface area contributed by atoms with E-state index in [-0.39, 0.29) is 17.1 Å². The Balaban J connectivity index is 1.33. The van der Waals surface area contributed by atoms with Crippen LogP contribution in [-0.2, 0) is 12.0 Å². The summed E-state index contributed by atoms with van der Waals surface area (Å²) in [6.45, 7) is 12.2. The van der Waals surface area contributed by atoms with Crippen molar-refractivity contribution in [1.82, 2.24) is 35.4 Å². The van der Waals surface area contributed by atoms with E-state index in [1.165, 1.54) is 0 Å². The molecule has 0 unspecified atom stereocenters. The molecule has 4 heterocycles. The Morgan fingerprint density at radius 3 is 2.71 bits per heavy atom. The van der Waals surface area contributed by atoms with Gasteiger partial charge in [-0.25, -0.2) is 9.50 Å². The van der Waals surface area contributed by atoms with Crippen LogP contribution in [-0.4, -0.2) is 56.8 Å². The number of fused-ring (bicyclic) bond motifs is 1. The molecular weight excluding hydrogens is 444 g/mol. The Labute approximate surface area is 203 Å². The molecule has 3 aromatic heterocycles. The van der Waals surface area contributed by atoms with E-state index in [0.29, 0.717) is 12.4 Å². The number of nitrogens with one attached hydrogen (secondary N) is 2. The average molecular weight is 475 g/mol. The lowest BCUT2D eigenvalue weighted by Crippen LogP contribution is -2.43. The predicted molar refractivity (Wildman–Crippen MR) is 132 cm³/mol. The third-order valence-corrected chi connectivity index (χ3v) is 6.20. The molecule has 1 aliphatic heterocycles. The third kappa shape index (κ3) is 4.74. The van der Waals surface area contributed by atoms with Gasteiger partial charge < -0.3 is 20.1 Å². The largest absolute Gasteiger partial charge is 0.368 e. The van der Waals surface area contributed by atoms with Crippen LogP contribution >= 0.6 is 0 Å². The van der Waals surface area contributed by atoms with Crippen molar-refractivity contribution in [2.75, 3.05) is 31.1 Å². The van der Waals surface area contributed by atoms with Gasteiger partial charge in [0.1, 0.15) is 6.33 Å². The monoisotopic (exact) mass is 474 g/mol. The lowest BCUT2D eigenvalue weighted by Gasteiger charge is -2.28. The molecule has 0 spiro atoms. The Kier molecular flexibility index (Phi) is 5.98. The van der Waals surface area contributed by atoms with Gasteiger partial charge in [0.2, 0.25) is 5.89 Å². The first kappa shape index (κ1) is 23.0. The second-order valence-electron chi connectivity index (χ2n) is 9.87. The SMILES string of the molecule is Cc1cc(-c2ncnn3cc(N4CCNCC4)cc23)ccc1CNC(=O)c1noc(C(C)(C)C)n1. The maximum absolute atomic E-state index is 12.5. The average Bonchev–Trinajstić information content (AvgIpc) is 3.51. The second-order valence-corrected chi connectivity index (χ2v) is 9.87. The van der Waals surface area contributed by atoms with Crippen molar-refractivity contribution in [3.05, 3.63) is 59.6 Å². The van der Waals surface area contributed by atoms with E-state index in [4.69, 9.17) is 4.52 Å². The predicted octanol–water partition coefficient (Wildman–Crippen LogP) is 2.72. The Hall–Kier alpha value is -3.79. The number of amides is 1. The van der Waals surface area contributed by atoms with Crippen molar-refractivity contribution in [1.29, 1.82) is 0 Å². The van der Waals surface area contributed by atoms with Crippen molar-refractivity contribution in [2.45, 2.75) is 39.7 Å². The molecule has 0 atom stereocenters. The molecule has 0 radical (unpaired) electrons. The number of aromatic nitrogens is 5. The van der Waals surface area contributed by atoms with Gasteiger partial charge in [-0.1, -0.05) is 38.1 Å². The number of piperazine rings is 1. The minimum Gasteiger partial charge on any atom is -0.368 e. The van der Waals surface area contributed by atoms with E-state index in [0.717, 1.165) is 59.8 Å². The summed E-state index contributed by atoms with van der Waals surface area (Å²) in [4.78, 5) is 23.7. The molecule has 35 heavy (non-hydrogen) atoms. The van der Waals surface area contributed by atoms with Crippen LogP contribution in [0.15, 0.2) is 41.3 Å². The van der Waals surface area contributed by atoms with Gasteiger partial charge in [0.15, 0.2) is 0 Å². The molecule has 182 valence electrons. The molecule has 0 bridgehead atoms. The number of nitrogens with zero attached hydrogens (tertiary/aromatic N) is 6. The summed E-state index contributed by atoms with van der Waals surface area (Å²) in [5.41, 5.74) is 5.74. The van der Waals surface area contributed by atoms with Gasteiger partial charge >= 0.3 is 0 Å². The topological polar surface area (TPSA) is 113 Å². The summed E-state index contributed by atoms with van der Waals surface area (Å²) in [5, 5.41) is 14.5. The van der Waals surface area contributed by atoms with Crippen LogP contribution in [0.1, 0.15) is 48.4 Å². The molecule has 5 rings (SSSR count). The van der Waals surface area contributed by atoms with E-state index in [1.807, 2.05) is 44.3 Å². The van der Waals surface area contributed by atoms with E-state index in [1.54, 1.807) is 6.33 Å². The smallest absolute Gasteiger partial charge is 0.292 e. The van der Waals surface area contributed by atoms with Gasteiger partial charge in [-0.15, -0.1) is 0 Å². The molecule has 2 N–H and O–H groups in total. The lowest BCUT2D eigenvalue weighted by molar-refractivity contribution is 0.0937. The minimum absolute atomic E-state index is 0.0427. The van der Waals surface area contributed by atoms with Crippen molar-refractivity contribution >= 4 is 17.1 Å². The second kappa shape index (κ2) is 9.10.